The second kappa shape index (κ2) is 4.58. The molecule has 0 bridgehead atoms. The fourth-order valence-electron chi connectivity index (χ4n) is 1.47. The smallest absolute Gasteiger partial charge is 0.169 e. The number of benzene rings is 2. The van der Waals surface area contributed by atoms with E-state index in [0.717, 1.165) is 5.56 Å². The summed E-state index contributed by atoms with van der Waals surface area (Å²) in [7, 11) is 0. The number of nitrogens with zero attached hydrogens (tertiary/aromatic N) is 1. The van der Waals surface area contributed by atoms with Gasteiger partial charge in [0.05, 0.1) is 5.56 Å². The lowest BCUT2D eigenvalue weighted by molar-refractivity contribution is 0.410. The molecule has 1 N–H and O–H groups in total. The molecule has 2 aromatic rings. The zero-order chi connectivity index (χ0) is 12.3. The van der Waals surface area contributed by atoms with Crippen molar-refractivity contribution in [2.45, 2.75) is 6.92 Å². The van der Waals surface area contributed by atoms with Crippen molar-refractivity contribution in [1.82, 2.24) is 0 Å². The Morgan fingerprint density at radius 3 is 2.59 bits per heavy atom. The first-order valence-electron chi connectivity index (χ1n) is 5.17. The topological polar surface area (TPSA) is 53.2 Å². The minimum Gasteiger partial charge on any atom is -0.504 e. The molecule has 0 unspecified atom stereocenters. The van der Waals surface area contributed by atoms with Crippen molar-refractivity contribution in [2.75, 3.05) is 0 Å². The second-order valence-corrected chi connectivity index (χ2v) is 3.68. The molecule has 0 aliphatic heterocycles. The van der Waals surface area contributed by atoms with Gasteiger partial charge in [0.1, 0.15) is 11.8 Å². The summed E-state index contributed by atoms with van der Waals surface area (Å²) in [6.07, 6.45) is 0. The fourth-order valence-corrected chi connectivity index (χ4v) is 1.47. The Kier molecular flexibility index (Phi) is 2.97. The van der Waals surface area contributed by atoms with Crippen LogP contribution in [0.15, 0.2) is 42.5 Å². The Morgan fingerprint density at radius 2 is 1.88 bits per heavy atom. The van der Waals surface area contributed by atoms with Gasteiger partial charge in [0.25, 0.3) is 0 Å². The highest BCUT2D eigenvalue weighted by Crippen LogP contribution is 2.32. The number of phenolic OH excluding ortho intramolecular Hbond substituents is 1. The van der Waals surface area contributed by atoms with E-state index in [1.54, 1.807) is 30.3 Å². The van der Waals surface area contributed by atoms with Crippen LogP contribution < -0.4 is 4.74 Å². The van der Waals surface area contributed by atoms with E-state index in [-0.39, 0.29) is 5.75 Å². The molecule has 0 fully saturated rings. The molecule has 0 amide bonds. The summed E-state index contributed by atoms with van der Waals surface area (Å²) in [5, 5.41) is 18.6. The van der Waals surface area contributed by atoms with E-state index in [4.69, 9.17) is 10.00 Å². The van der Waals surface area contributed by atoms with Gasteiger partial charge in [-0.15, -0.1) is 0 Å². The van der Waals surface area contributed by atoms with Gasteiger partial charge in [0, 0.05) is 0 Å². The SMILES string of the molecule is Cc1ccc(C#N)c(Oc2ccccc2O)c1. The lowest BCUT2D eigenvalue weighted by Gasteiger charge is -2.09. The lowest BCUT2D eigenvalue weighted by Crippen LogP contribution is -1.89. The van der Waals surface area contributed by atoms with Crippen molar-refractivity contribution in [2.24, 2.45) is 0 Å². The summed E-state index contributed by atoms with van der Waals surface area (Å²) >= 11 is 0. The van der Waals surface area contributed by atoms with Crippen molar-refractivity contribution >= 4 is 0 Å². The summed E-state index contributed by atoms with van der Waals surface area (Å²) in [6, 6.07) is 14.0. The molecule has 0 aliphatic carbocycles. The largest absolute Gasteiger partial charge is 0.504 e. The molecule has 0 aromatic heterocycles. The Bertz CT molecular complexity index is 585. The van der Waals surface area contributed by atoms with Crippen LogP contribution in [-0.4, -0.2) is 5.11 Å². The van der Waals surface area contributed by atoms with Crippen LogP contribution in [0.25, 0.3) is 0 Å². The zero-order valence-electron chi connectivity index (χ0n) is 9.34. The highest BCUT2D eigenvalue weighted by molar-refractivity contribution is 5.49. The molecule has 17 heavy (non-hydrogen) atoms. The first-order chi connectivity index (χ1) is 8.20. The van der Waals surface area contributed by atoms with Crippen LogP contribution in [0.3, 0.4) is 0 Å². The molecule has 0 saturated carbocycles. The zero-order valence-corrected chi connectivity index (χ0v) is 9.34. The van der Waals surface area contributed by atoms with Gasteiger partial charge in [-0.05, 0) is 36.8 Å². The average Bonchev–Trinajstić information content (AvgIpc) is 2.32. The van der Waals surface area contributed by atoms with Crippen molar-refractivity contribution in [3.05, 3.63) is 53.6 Å². The van der Waals surface area contributed by atoms with E-state index in [9.17, 15) is 5.11 Å². The first kappa shape index (κ1) is 11.0. The predicted molar refractivity (Wildman–Crippen MR) is 64.1 cm³/mol. The van der Waals surface area contributed by atoms with Gasteiger partial charge in [-0.1, -0.05) is 18.2 Å². The molecule has 2 aromatic carbocycles. The van der Waals surface area contributed by atoms with Crippen LogP contribution in [0.2, 0.25) is 0 Å². The third-order valence-corrected chi connectivity index (χ3v) is 2.34. The number of hydrogen-bond donors (Lipinski definition) is 1. The molecular weight excluding hydrogens is 214 g/mol. The normalized spacial score (nSPS) is 9.65. The van der Waals surface area contributed by atoms with E-state index >= 15 is 0 Å². The molecule has 0 heterocycles. The molecular formula is C14H11NO2. The molecule has 0 atom stereocenters. The van der Waals surface area contributed by atoms with E-state index in [1.165, 1.54) is 6.07 Å². The van der Waals surface area contributed by atoms with E-state index < -0.39 is 0 Å². The van der Waals surface area contributed by atoms with Gasteiger partial charge in [-0.2, -0.15) is 5.26 Å². The molecule has 84 valence electrons. The van der Waals surface area contributed by atoms with E-state index in [0.29, 0.717) is 17.1 Å². The Hall–Kier alpha value is -2.47. The quantitative estimate of drug-likeness (QED) is 0.852. The number of ether oxygens (including phenoxy) is 1. The Labute approximate surface area is 99.5 Å². The number of aromatic hydroxyl groups is 1. The molecule has 0 aliphatic rings. The van der Waals surface area contributed by atoms with Gasteiger partial charge >= 0.3 is 0 Å². The third-order valence-electron chi connectivity index (χ3n) is 2.34. The van der Waals surface area contributed by atoms with Crippen molar-refractivity contribution in [3.63, 3.8) is 0 Å². The summed E-state index contributed by atoms with van der Waals surface area (Å²) in [5.74, 6) is 0.849. The maximum absolute atomic E-state index is 9.60. The highest BCUT2D eigenvalue weighted by Gasteiger charge is 2.07. The monoisotopic (exact) mass is 225 g/mol. The lowest BCUT2D eigenvalue weighted by atomic mass is 10.1. The second-order valence-electron chi connectivity index (χ2n) is 3.68. The van der Waals surface area contributed by atoms with Crippen LogP contribution >= 0.6 is 0 Å². The van der Waals surface area contributed by atoms with E-state index in [2.05, 4.69) is 6.07 Å². The van der Waals surface area contributed by atoms with Crippen molar-refractivity contribution in [1.29, 1.82) is 5.26 Å². The summed E-state index contributed by atoms with van der Waals surface area (Å²) in [5.41, 5.74) is 1.44. The maximum atomic E-state index is 9.60. The maximum Gasteiger partial charge on any atom is 0.169 e. The third kappa shape index (κ3) is 2.37. The van der Waals surface area contributed by atoms with Gasteiger partial charge < -0.3 is 9.84 Å². The van der Waals surface area contributed by atoms with Crippen LogP contribution in [0.1, 0.15) is 11.1 Å². The molecule has 2 rings (SSSR count). The fraction of sp³-hybridized carbons (Fsp3) is 0.0714. The standard InChI is InChI=1S/C14H11NO2/c1-10-6-7-11(9-15)14(8-10)17-13-5-3-2-4-12(13)16/h2-8,16H,1H3. The van der Waals surface area contributed by atoms with Crippen LogP contribution in [0, 0.1) is 18.3 Å². The molecule has 3 nitrogen and oxygen atoms in total. The van der Waals surface area contributed by atoms with Gasteiger partial charge in [0.15, 0.2) is 11.5 Å². The first-order valence-corrected chi connectivity index (χ1v) is 5.17. The number of phenols is 1. The van der Waals surface area contributed by atoms with E-state index in [1.807, 2.05) is 13.0 Å². The van der Waals surface area contributed by atoms with Crippen molar-refractivity contribution < 1.29 is 9.84 Å². The minimum absolute atomic E-state index is 0.0536. The number of rotatable bonds is 2. The number of hydrogen-bond acceptors (Lipinski definition) is 3. The molecule has 0 radical (unpaired) electrons. The van der Waals surface area contributed by atoms with Crippen molar-refractivity contribution in [3.8, 4) is 23.3 Å². The average molecular weight is 225 g/mol. The summed E-state index contributed by atoms with van der Waals surface area (Å²) in [6.45, 7) is 1.92. The van der Waals surface area contributed by atoms with Gasteiger partial charge in [-0.25, -0.2) is 0 Å². The van der Waals surface area contributed by atoms with Crippen LogP contribution in [0.4, 0.5) is 0 Å². The molecule has 0 saturated heterocycles. The molecule has 3 heteroatoms. The van der Waals surface area contributed by atoms with Gasteiger partial charge in [-0.3, -0.25) is 0 Å². The van der Waals surface area contributed by atoms with Crippen LogP contribution in [0.5, 0.6) is 17.2 Å². The summed E-state index contributed by atoms with van der Waals surface area (Å²) < 4.78 is 5.54. The number of nitriles is 1. The van der Waals surface area contributed by atoms with Gasteiger partial charge in [0.2, 0.25) is 0 Å². The number of aryl methyl sites for hydroxylation is 1. The number of para-hydroxylation sites is 2. The highest BCUT2D eigenvalue weighted by atomic mass is 16.5. The molecule has 0 spiro atoms. The Balaban J connectivity index is 2.40. The predicted octanol–water partition coefficient (Wildman–Crippen LogP) is 3.36. The minimum atomic E-state index is 0.0536. The Morgan fingerprint density at radius 1 is 1.12 bits per heavy atom. The van der Waals surface area contributed by atoms with Crippen LogP contribution in [-0.2, 0) is 0 Å². The summed E-state index contributed by atoms with van der Waals surface area (Å²) in [4.78, 5) is 0.